The molecule has 1 aromatic carbocycles. The summed E-state index contributed by atoms with van der Waals surface area (Å²) in [6.07, 6.45) is 3.77. The van der Waals surface area contributed by atoms with Crippen LogP contribution in [-0.2, 0) is 12.0 Å². The molecule has 0 aliphatic rings. The van der Waals surface area contributed by atoms with E-state index >= 15 is 0 Å². The lowest BCUT2D eigenvalue weighted by atomic mass is 9.91. The second kappa shape index (κ2) is 6.26. The number of nitrogens with zero attached hydrogens (tertiary/aromatic N) is 2. The van der Waals surface area contributed by atoms with Crippen LogP contribution in [0.3, 0.4) is 0 Å². The van der Waals surface area contributed by atoms with E-state index in [4.69, 9.17) is 5.11 Å². The zero-order chi connectivity index (χ0) is 18.2. The first-order valence-corrected chi connectivity index (χ1v) is 8.04. The SMILES string of the molecule is Cc1cnc2c(C(C)(C)O)cc(Cc3cc(C(=O)O)ccn3)cc2c1. The average Bonchev–Trinajstić information content (AvgIpc) is 2.53. The molecular weight excluding hydrogens is 316 g/mol. The Hall–Kier alpha value is -2.79. The van der Waals surface area contributed by atoms with Crippen LogP contribution in [0.5, 0.6) is 0 Å². The lowest BCUT2D eigenvalue weighted by Gasteiger charge is -2.21. The minimum absolute atomic E-state index is 0.214. The molecule has 0 bridgehead atoms. The van der Waals surface area contributed by atoms with Gasteiger partial charge >= 0.3 is 5.97 Å². The molecule has 128 valence electrons. The van der Waals surface area contributed by atoms with E-state index in [0.29, 0.717) is 12.1 Å². The van der Waals surface area contributed by atoms with Gasteiger partial charge in [-0.15, -0.1) is 0 Å². The van der Waals surface area contributed by atoms with Crippen LogP contribution in [0, 0.1) is 6.92 Å². The summed E-state index contributed by atoms with van der Waals surface area (Å²) in [5.41, 5.74) is 3.35. The summed E-state index contributed by atoms with van der Waals surface area (Å²) in [4.78, 5) is 19.9. The molecule has 3 aromatic rings. The van der Waals surface area contributed by atoms with E-state index in [9.17, 15) is 9.90 Å². The van der Waals surface area contributed by atoms with Crippen LogP contribution in [0.15, 0.2) is 42.7 Å². The van der Waals surface area contributed by atoms with Crippen molar-refractivity contribution in [3.8, 4) is 0 Å². The zero-order valence-corrected chi connectivity index (χ0v) is 14.4. The Bertz CT molecular complexity index is 959. The molecule has 0 amide bonds. The Balaban J connectivity index is 2.10. The first kappa shape index (κ1) is 17.0. The number of hydrogen-bond acceptors (Lipinski definition) is 4. The highest BCUT2D eigenvalue weighted by Gasteiger charge is 2.21. The Labute approximate surface area is 146 Å². The smallest absolute Gasteiger partial charge is 0.335 e. The van der Waals surface area contributed by atoms with Gasteiger partial charge in [0, 0.05) is 35.5 Å². The fraction of sp³-hybridized carbons (Fsp3) is 0.250. The molecule has 0 radical (unpaired) electrons. The van der Waals surface area contributed by atoms with E-state index in [1.54, 1.807) is 26.1 Å². The van der Waals surface area contributed by atoms with Crippen molar-refractivity contribution in [3.05, 3.63) is 70.7 Å². The lowest BCUT2D eigenvalue weighted by molar-refractivity contribution is 0.0696. The lowest BCUT2D eigenvalue weighted by Crippen LogP contribution is -2.17. The maximum Gasteiger partial charge on any atom is 0.335 e. The third-order valence-electron chi connectivity index (χ3n) is 4.09. The Morgan fingerprint density at radius 3 is 2.60 bits per heavy atom. The van der Waals surface area contributed by atoms with Crippen molar-refractivity contribution in [2.75, 3.05) is 0 Å². The topological polar surface area (TPSA) is 83.3 Å². The van der Waals surface area contributed by atoms with Crippen molar-refractivity contribution in [3.63, 3.8) is 0 Å². The van der Waals surface area contributed by atoms with Crippen molar-refractivity contribution in [1.82, 2.24) is 9.97 Å². The van der Waals surface area contributed by atoms with E-state index in [2.05, 4.69) is 9.97 Å². The van der Waals surface area contributed by atoms with E-state index < -0.39 is 11.6 Å². The van der Waals surface area contributed by atoms with Crippen molar-refractivity contribution >= 4 is 16.9 Å². The number of carbonyl (C=O) groups is 1. The van der Waals surface area contributed by atoms with Crippen LogP contribution in [0.1, 0.15) is 46.6 Å². The number of aryl methyl sites for hydroxylation is 1. The average molecular weight is 336 g/mol. The van der Waals surface area contributed by atoms with Gasteiger partial charge in [-0.3, -0.25) is 9.97 Å². The molecule has 0 aliphatic heterocycles. The number of benzene rings is 1. The van der Waals surface area contributed by atoms with Crippen molar-refractivity contribution in [1.29, 1.82) is 0 Å². The summed E-state index contributed by atoms with van der Waals surface area (Å²) in [5.74, 6) is -0.973. The van der Waals surface area contributed by atoms with E-state index in [0.717, 1.165) is 27.6 Å². The number of carboxylic acids is 1. The van der Waals surface area contributed by atoms with Crippen LogP contribution in [-0.4, -0.2) is 26.2 Å². The second-order valence-corrected chi connectivity index (χ2v) is 6.80. The highest BCUT2D eigenvalue weighted by molar-refractivity contribution is 5.87. The number of carboxylic acid groups (broad SMARTS) is 1. The highest BCUT2D eigenvalue weighted by atomic mass is 16.4. The molecule has 2 heterocycles. The molecule has 25 heavy (non-hydrogen) atoms. The van der Waals surface area contributed by atoms with Gasteiger partial charge in [-0.1, -0.05) is 6.07 Å². The summed E-state index contributed by atoms with van der Waals surface area (Å²) in [7, 11) is 0. The largest absolute Gasteiger partial charge is 0.478 e. The highest BCUT2D eigenvalue weighted by Crippen LogP contribution is 2.29. The van der Waals surface area contributed by atoms with Gasteiger partial charge in [0.15, 0.2) is 0 Å². The van der Waals surface area contributed by atoms with E-state index in [1.165, 1.54) is 12.3 Å². The summed E-state index contributed by atoms with van der Waals surface area (Å²) in [6.45, 7) is 5.44. The summed E-state index contributed by atoms with van der Waals surface area (Å²) in [5, 5.41) is 20.6. The van der Waals surface area contributed by atoms with E-state index in [1.807, 2.05) is 25.1 Å². The Kier molecular flexibility index (Phi) is 4.27. The summed E-state index contributed by atoms with van der Waals surface area (Å²) in [6, 6.07) is 9.01. The first-order chi connectivity index (χ1) is 11.7. The monoisotopic (exact) mass is 336 g/mol. The molecule has 2 N–H and O–H groups in total. The number of fused-ring (bicyclic) bond motifs is 1. The molecule has 2 aromatic heterocycles. The van der Waals surface area contributed by atoms with Crippen LogP contribution >= 0.6 is 0 Å². The number of aromatic nitrogens is 2. The minimum Gasteiger partial charge on any atom is -0.478 e. The zero-order valence-electron chi connectivity index (χ0n) is 14.4. The van der Waals surface area contributed by atoms with Gasteiger partial charge in [0.05, 0.1) is 16.7 Å². The maximum absolute atomic E-state index is 11.1. The number of aliphatic hydroxyl groups is 1. The van der Waals surface area contributed by atoms with Crippen LogP contribution in [0.4, 0.5) is 0 Å². The molecule has 5 heteroatoms. The number of hydrogen-bond donors (Lipinski definition) is 2. The predicted octanol–water partition coefficient (Wildman–Crippen LogP) is 3.45. The van der Waals surface area contributed by atoms with Gasteiger partial charge in [-0.05, 0) is 56.2 Å². The van der Waals surface area contributed by atoms with Crippen LogP contribution in [0.2, 0.25) is 0 Å². The number of pyridine rings is 2. The predicted molar refractivity (Wildman–Crippen MR) is 95.7 cm³/mol. The number of rotatable bonds is 4. The first-order valence-electron chi connectivity index (χ1n) is 8.04. The molecular formula is C20H20N2O3. The molecule has 0 saturated carbocycles. The molecule has 3 rings (SSSR count). The molecule has 0 spiro atoms. The van der Waals surface area contributed by atoms with Gasteiger partial charge in [0.1, 0.15) is 0 Å². The summed E-state index contributed by atoms with van der Waals surface area (Å²) >= 11 is 0. The molecule has 0 fully saturated rings. The molecule has 0 saturated heterocycles. The number of aromatic carboxylic acids is 1. The minimum atomic E-state index is -1.03. The van der Waals surface area contributed by atoms with Crippen molar-refractivity contribution in [2.24, 2.45) is 0 Å². The molecule has 0 atom stereocenters. The van der Waals surface area contributed by atoms with Crippen LogP contribution < -0.4 is 0 Å². The Morgan fingerprint density at radius 2 is 1.92 bits per heavy atom. The summed E-state index contributed by atoms with van der Waals surface area (Å²) < 4.78 is 0. The van der Waals surface area contributed by atoms with Gasteiger partial charge in [0.25, 0.3) is 0 Å². The van der Waals surface area contributed by atoms with Crippen LogP contribution in [0.25, 0.3) is 10.9 Å². The Morgan fingerprint density at radius 1 is 1.16 bits per heavy atom. The van der Waals surface area contributed by atoms with Gasteiger partial charge < -0.3 is 10.2 Å². The standard InChI is InChI=1S/C20H20N2O3/c1-12-6-15-7-13(8-16-10-14(19(23)24)4-5-21-16)9-17(20(2,3)25)18(15)22-11-12/h4-7,9-11,25H,8H2,1-3H3,(H,23,24). The van der Waals surface area contributed by atoms with E-state index in [-0.39, 0.29) is 5.56 Å². The molecule has 0 unspecified atom stereocenters. The molecule has 0 aliphatic carbocycles. The second-order valence-electron chi connectivity index (χ2n) is 6.80. The molecule has 5 nitrogen and oxygen atoms in total. The quantitative estimate of drug-likeness (QED) is 0.762. The maximum atomic E-state index is 11.1. The van der Waals surface area contributed by atoms with Gasteiger partial charge in [-0.25, -0.2) is 4.79 Å². The third-order valence-corrected chi connectivity index (χ3v) is 4.09. The normalized spacial score (nSPS) is 11.7. The van der Waals surface area contributed by atoms with Gasteiger partial charge in [0.2, 0.25) is 0 Å². The fourth-order valence-corrected chi connectivity index (χ4v) is 2.91. The fourth-order valence-electron chi connectivity index (χ4n) is 2.91. The van der Waals surface area contributed by atoms with Crippen molar-refractivity contribution in [2.45, 2.75) is 32.8 Å². The van der Waals surface area contributed by atoms with Crippen molar-refractivity contribution < 1.29 is 15.0 Å². The third kappa shape index (κ3) is 3.67. The van der Waals surface area contributed by atoms with Gasteiger partial charge in [-0.2, -0.15) is 0 Å².